The highest BCUT2D eigenvalue weighted by Crippen LogP contribution is 2.33. The van der Waals surface area contributed by atoms with Gasteiger partial charge in [0.05, 0.1) is 5.92 Å². The minimum atomic E-state index is -0.0566. The highest BCUT2D eigenvalue weighted by atomic mass is 16.2. The second-order valence-corrected chi connectivity index (χ2v) is 5.62. The summed E-state index contributed by atoms with van der Waals surface area (Å²) in [6.45, 7) is 6.29. The van der Waals surface area contributed by atoms with Crippen LogP contribution in [0.25, 0.3) is 0 Å². The van der Waals surface area contributed by atoms with Crippen LogP contribution >= 0.6 is 0 Å². The summed E-state index contributed by atoms with van der Waals surface area (Å²) in [6.07, 6.45) is 4.45. The van der Waals surface area contributed by atoms with Crippen molar-refractivity contribution in [3.63, 3.8) is 0 Å². The molecule has 2 bridgehead atoms. The van der Waals surface area contributed by atoms with Gasteiger partial charge in [0, 0.05) is 17.6 Å². The molecule has 0 radical (unpaired) electrons. The van der Waals surface area contributed by atoms with E-state index >= 15 is 0 Å². The van der Waals surface area contributed by atoms with Crippen LogP contribution in [0.3, 0.4) is 0 Å². The highest BCUT2D eigenvalue weighted by Gasteiger charge is 2.43. The van der Waals surface area contributed by atoms with Gasteiger partial charge in [0.15, 0.2) is 0 Å². The van der Waals surface area contributed by atoms with Crippen LogP contribution in [0.2, 0.25) is 0 Å². The summed E-state index contributed by atoms with van der Waals surface area (Å²) in [7, 11) is 0. The van der Waals surface area contributed by atoms with E-state index in [0.29, 0.717) is 12.1 Å². The van der Waals surface area contributed by atoms with Gasteiger partial charge in [-0.15, -0.1) is 0 Å². The molecular formula is C12H22N2O. The summed E-state index contributed by atoms with van der Waals surface area (Å²) in [4.78, 5) is 12.1. The summed E-state index contributed by atoms with van der Waals surface area (Å²) in [6, 6.07) is 1.05. The number of carbonyl (C=O) groups excluding carboxylic acids is 1. The van der Waals surface area contributed by atoms with Crippen LogP contribution < -0.4 is 10.6 Å². The van der Waals surface area contributed by atoms with Crippen LogP contribution in [0.5, 0.6) is 0 Å². The average Bonchev–Trinajstić information content (AvgIpc) is 2.78. The van der Waals surface area contributed by atoms with Gasteiger partial charge >= 0.3 is 0 Å². The van der Waals surface area contributed by atoms with E-state index in [-0.39, 0.29) is 17.4 Å². The van der Waals surface area contributed by atoms with E-state index in [0.717, 1.165) is 12.8 Å². The van der Waals surface area contributed by atoms with Crippen molar-refractivity contribution in [2.24, 2.45) is 5.92 Å². The quantitative estimate of drug-likeness (QED) is 0.740. The molecule has 0 aromatic rings. The maximum absolute atomic E-state index is 12.1. The van der Waals surface area contributed by atoms with Crippen LogP contribution in [0.1, 0.15) is 46.5 Å². The molecule has 2 N–H and O–H groups in total. The first-order valence-electron chi connectivity index (χ1n) is 6.10. The maximum Gasteiger partial charge on any atom is 0.225 e. The van der Waals surface area contributed by atoms with Gasteiger partial charge in [-0.25, -0.2) is 0 Å². The van der Waals surface area contributed by atoms with Crippen molar-refractivity contribution in [3.05, 3.63) is 0 Å². The third-order valence-electron chi connectivity index (χ3n) is 3.98. The van der Waals surface area contributed by atoms with E-state index in [2.05, 4.69) is 31.4 Å². The zero-order valence-electron chi connectivity index (χ0n) is 9.97. The Morgan fingerprint density at radius 1 is 1.47 bits per heavy atom. The minimum Gasteiger partial charge on any atom is -0.351 e. The molecule has 3 heteroatoms. The van der Waals surface area contributed by atoms with E-state index in [1.54, 1.807) is 0 Å². The lowest BCUT2D eigenvalue weighted by Crippen LogP contribution is -2.48. The SMILES string of the molecule is CCC(C)(C)NC(=O)C1CC2CCC1N2. The van der Waals surface area contributed by atoms with Crippen molar-refractivity contribution in [3.8, 4) is 0 Å². The molecule has 1 amide bonds. The molecule has 2 heterocycles. The molecule has 3 nitrogen and oxygen atoms in total. The minimum absolute atomic E-state index is 0.0566. The number of hydrogen-bond donors (Lipinski definition) is 2. The summed E-state index contributed by atoms with van der Waals surface area (Å²) in [5, 5.41) is 6.66. The number of carbonyl (C=O) groups is 1. The number of fused-ring (bicyclic) bond motifs is 2. The predicted octanol–water partition coefficient (Wildman–Crippen LogP) is 1.43. The molecule has 86 valence electrons. The van der Waals surface area contributed by atoms with E-state index < -0.39 is 0 Å². The van der Waals surface area contributed by atoms with Gasteiger partial charge in [-0.05, 0) is 39.5 Å². The number of nitrogens with one attached hydrogen (secondary N) is 2. The molecule has 15 heavy (non-hydrogen) atoms. The molecule has 3 unspecified atom stereocenters. The topological polar surface area (TPSA) is 41.1 Å². The molecular weight excluding hydrogens is 188 g/mol. The van der Waals surface area contributed by atoms with Gasteiger partial charge in [0.1, 0.15) is 0 Å². The summed E-state index contributed by atoms with van der Waals surface area (Å²) in [5.74, 6) is 0.469. The summed E-state index contributed by atoms with van der Waals surface area (Å²) < 4.78 is 0. The number of hydrogen-bond acceptors (Lipinski definition) is 2. The van der Waals surface area contributed by atoms with Crippen LogP contribution in [0.4, 0.5) is 0 Å². The Morgan fingerprint density at radius 2 is 2.20 bits per heavy atom. The highest BCUT2D eigenvalue weighted by molar-refractivity contribution is 5.80. The molecule has 2 aliphatic heterocycles. The molecule has 3 atom stereocenters. The van der Waals surface area contributed by atoms with Crippen LogP contribution in [0.15, 0.2) is 0 Å². The lowest BCUT2D eigenvalue weighted by Gasteiger charge is -2.28. The van der Waals surface area contributed by atoms with Gasteiger partial charge in [-0.1, -0.05) is 6.92 Å². The lowest BCUT2D eigenvalue weighted by molar-refractivity contribution is -0.127. The Kier molecular flexibility index (Phi) is 2.75. The molecule has 0 aromatic carbocycles. The van der Waals surface area contributed by atoms with Crippen molar-refractivity contribution in [1.82, 2.24) is 10.6 Å². The standard InChI is InChI=1S/C12H22N2O/c1-4-12(2,3)14-11(15)9-7-8-5-6-10(9)13-8/h8-10,13H,4-7H2,1-3H3,(H,14,15). The van der Waals surface area contributed by atoms with Crippen molar-refractivity contribution in [2.45, 2.75) is 64.1 Å². The lowest BCUT2D eigenvalue weighted by atomic mass is 9.87. The van der Waals surface area contributed by atoms with Crippen molar-refractivity contribution in [2.75, 3.05) is 0 Å². The van der Waals surface area contributed by atoms with Crippen LogP contribution in [-0.2, 0) is 4.79 Å². The molecule has 2 fully saturated rings. The van der Waals surface area contributed by atoms with Gasteiger partial charge in [-0.3, -0.25) is 4.79 Å². The smallest absolute Gasteiger partial charge is 0.225 e. The summed E-state index contributed by atoms with van der Waals surface area (Å²) in [5.41, 5.74) is -0.0566. The third-order valence-corrected chi connectivity index (χ3v) is 3.98. The van der Waals surface area contributed by atoms with E-state index in [9.17, 15) is 4.79 Å². The van der Waals surface area contributed by atoms with Gasteiger partial charge in [-0.2, -0.15) is 0 Å². The first-order valence-corrected chi connectivity index (χ1v) is 6.10. The second kappa shape index (κ2) is 3.78. The monoisotopic (exact) mass is 210 g/mol. The fraction of sp³-hybridized carbons (Fsp3) is 0.917. The Morgan fingerprint density at radius 3 is 2.67 bits per heavy atom. The van der Waals surface area contributed by atoms with E-state index in [4.69, 9.17) is 0 Å². The van der Waals surface area contributed by atoms with Gasteiger partial charge in [0.2, 0.25) is 5.91 Å². The maximum atomic E-state index is 12.1. The average molecular weight is 210 g/mol. The Bertz CT molecular complexity index is 262. The van der Waals surface area contributed by atoms with E-state index in [1.807, 2.05) is 0 Å². The zero-order chi connectivity index (χ0) is 11.1. The first kappa shape index (κ1) is 10.9. The Labute approximate surface area is 92.0 Å². The number of rotatable bonds is 3. The largest absolute Gasteiger partial charge is 0.351 e. The van der Waals surface area contributed by atoms with Gasteiger partial charge in [0.25, 0.3) is 0 Å². The van der Waals surface area contributed by atoms with Gasteiger partial charge < -0.3 is 10.6 Å². The predicted molar refractivity (Wildman–Crippen MR) is 60.6 cm³/mol. The summed E-state index contributed by atoms with van der Waals surface area (Å²) >= 11 is 0. The fourth-order valence-corrected chi connectivity index (χ4v) is 2.63. The first-order chi connectivity index (χ1) is 7.02. The second-order valence-electron chi connectivity index (χ2n) is 5.62. The third kappa shape index (κ3) is 2.17. The molecule has 2 saturated heterocycles. The van der Waals surface area contributed by atoms with Crippen molar-refractivity contribution in [1.29, 1.82) is 0 Å². The molecule has 2 rings (SSSR count). The van der Waals surface area contributed by atoms with Crippen molar-refractivity contribution >= 4 is 5.91 Å². The number of amides is 1. The van der Waals surface area contributed by atoms with Crippen molar-refractivity contribution < 1.29 is 4.79 Å². The molecule has 0 aliphatic carbocycles. The Hall–Kier alpha value is -0.570. The van der Waals surface area contributed by atoms with Crippen LogP contribution in [-0.4, -0.2) is 23.5 Å². The fourth-order valence-electron chi connectivity index (χ4n) is 2.63. The normalized spacial score (nSPS) is 34.5. The van der Waals surface area contributed by atoms with Crippen LogP contribution in [0, 0.1) is 5.92 Å². The molecule has 2 aliphatic rings. The zero-order valence-corrected chi connectivity index (χ0v) is 9.97. The molecule has 0 aromatic heterocycles. The van der Waals surface area contributed by atoms with E-state index in [1.165, 1.54) is 12.8 Å². The Balaban J connectivity index is 1.92. The molecule has 0 spiro atoms. The molecule has 0 saturated carbocycles.